The van der Waals surface area contributed by atoms with E-state index < -0.39 is 8.32 Å². The third-order valence-electron chi connectivity index (χ3n) is 4.12. The van der Waals surface area contributed by atoms with Crippen LogP contribution in [-0.4, -0.2) is 33.1 Å². The van der Waals surface area contributed by atoms with Crippen molar-refractivity contribution in [2.75, 3.05) is 19.9 Å². The van der Waals surface area contributed by atoms with E-state index in [4.69, 9.17) is 9.16 Å². The molecule has 0 saturated heterocycles. The quantitative estimate of drug-likeness (QED) is 0.348. The molecule has 0 saturated carbocycles. The molecule has 0 aromatic heterocycles. The summed E-state index contributed by atoms with van der Waals surface area (Å²) in [5, 5.41) is 0. The van der Waals surface area contributed by atoms with Gasteiger partial charge in [-0.2, -0.15) is 0 Å². The molecule has 1 rings (SSSR count). The molecule has 1 heterocycles. The van der Waals surface area contributed by atoms with Crippen molar-refractivity contribution in [2.24, 2.45) is 0 Å². The molecule has 0 spiro atoms. The van der Waals surface area contributed by atoms with Gasteiger partial charge < -0.3 is 14.1 Å². The van der Waals surface area contributed by atoms with Crippen molar-refractivity contribution >= 4 is 8.32 Å². The zero-order valence-corrected chi connectivity index (χ0v) is 15.4. The van der Waals surface area contributed by atoms with E-state index in [9.17, 15) is 0 Å². The van der Waals surface area contributed by atoms with E-state index in [1.54, 1.807) is 6.26 Å². The Morgan fingerprint density at radius 2 is 1.62 bits per heavy atom. The summed E-state index contributed by atoms with van der Waals surface area (Å²) in [6.45, 7) is 9.59. The molecule has 0 aromatic rings. The van der Waals surface area contributed by atoms with Crippen LogP contribution in [0.5, 0.6) is 0 Å². The van der Waals surface area contributed by atoms with Gasteiger partial charge in [-0.25, -0.2) is 0 Å². The molecule has 0 fully saturated rings. The van der Waals surface area contributed by atoms with Gasteiger partial charge in [0.05, 0.1) is 0 Å². The van der Waals surface area contributed by atoms with Crippen LogP contribution >= 0.6 is 0 Å². The first-order valence-electron chi connectivity index (χ1n) is 8.80. The van der Waals surface area contributed by atoms with Gasteiger partial charge in [-0.15, -0.1) is 0 Å². The summed E-state index contributed by atoms with van der Waals surface area (Å²) in [7, 11) is -1.32. The first-order chi connectivity index (χ1) is 10.1. The standard InChI is InChI=1S/C17H35NO2Si/c1-4-20-21(2,3)16-12-10-8-6-5-7-9-11-13-18-14-15-19-17-18/h14-15H,4-13,16-17H2,1-3H3. The Kier molecular flexibility index (Phi) is 9.84. The lowest BCUT2D eigenvalue weighted by Gasteiger charge is -2.21. The van der Waals surface area contributed by atoms with Crippen molar-refractivity contribution in [3.8, 4) is 0 Å². The molecule has 0 aromatic carbocycles. The first-order valence-corrected chi connectivity index (χ1v) is 11.9. The van der Waals surface area contributed by atoms with E-state index >= 15 is 0 Å². The van der Waals surface area contributed by atoms with Crippen LogP contribution in [0.2, 0.25) is 19.1 Å². The van der Waals surface area contributed by atoms with Crippen LogP contribution in [0.1, 0.15) is 58.3 Å². The number of rotatable bonds is 13. The predicted molar refractivity (Wildman–Crippen MR) is 92.6 cm³/mol. The topological polar surface area (TPSA) is 21.7 Å². The van der Waals surface area contributed by atoms with Gasteiger partial charge >= 0.3 is 0 Å². The van der Waals surface area contributed by atoms with Crippen molar-refractivity contribution < 1.29 is 9.16 Å². The van der Waals surface area contributed by atoms with Gasteiger partial charge in [-0.05, 0) is 32.5 Å². The predicted octanol–water partition coefficient (Wildman–Crippen LogP) is 5.11. The molecule has 3 nitrogen and oxygen atoms in total. The van der Waals surface area contributed by atoms with Crippen LogP contribution in [0.25, 0.3) is 0 Å². The molecule has 4 heteroatoms. The average Bonchev–Trinajstić information content (AvgIpc) is 2.94. The van der Waals surface area contributed by atoms with Crippen LogP contribution in [-0.2, 0) is 9.16 Å². The summed E-state index contributed by atoms with van der Waals surface area (Å²) in [4.78, 5) is 2.24. The van der Waals surface area contributed by atoms with E-state index in [-0.39, 0.29) is 0 Å². The van der Waals surface area contributed by atoms with Crippen molar-refractivity contribution in [2.45, 2.75) is 77.4 Å². The maximum Gasteiger partial charge on any atom is 0.186 e. The highest BCUT2D eigenvalue weighted by atomic mass is 28.4. The van der Waals surface area contributed by atoms with E-state index in [1.165, 1.54) is 57.4 Å². The van der Waals surface area contributed by atoms with Crippen LogP contribution < -0.4 is 0 Å². The van der Waals surface area contributed by atoms with Crippen molar-refractivity contribution in [1.29, 1.82) is 0 Å². The third kappa shape index (κ3) is 9.96. The van der Waals surface area contributed by atoms with Gasteiger partial charge in [0.1, 0.15) is 6.26 Å². The molecule has 1 aliphatic rings. The van der Waals surface area contributed by atoms with Crippen LogP contribution in [0.4, 0.5) is 0 Å². The lowest BCUT2D eigenvalue weighted by Crippen LogP contribution is -2.29. The largest absolute Gasteiger partial charge is 0.479 e. The molecule has 0 radical (unpaired) electrons. The molecule has 0 amide bonds. The number of hydrogen-bond acceptors (Lipinski definition) is 3. The fourth-order valence-corrected chi connectivity index (χ4v) is 4.87. The SMILES string of the molecule is CCO[Si](C)(C)CCCCCCCCCCN1C=COC1. The maximum absolute atomic E-state index is 5.86. The van der Waals surface area contributed by atoms with E-state index in [0.717, 1.165) is 19.9 Å². The fraction of sp³-hybridized carbons (Fsp3) is 0.882. The van der Waals surface area contributed by atoms with Gasteiger partial charge in [0, 0.05) is 19.4 Å². The Morgan fingerprint density at radius 1 is 1.00 bits per heavy atom. The highest BCUT2D eigenvalue weighted by Crippen LogP contribution is 2.17. The maximum atomic E-state index is 5.86. The minimum atomic E-state index is -1.32. The molecule has 21 heavy (non-hydrogen) atoms. The lowest BCUT2D eigenvalue weighted by molar-refractivity contribution is 0.169. The summed E-state index contributed by atoms with van der Waals surface area (Å²) in [6, 6.07) is 1.33. The number of hydrogen-bond donors (Lipinski definition) is 0. The molecule has 1 aliphatic heterocycles. The van der Waals surface area contributed by atoms with E-state index in [1.807, 2.05) is 6.20 Å². The van der Waals surface area contributed by atoms with Crippen LogP contribution in [0.15, 0.2) is 12.5 Å². The molecule has 0 atom stereocenters. The Bertz CT molecular complexity index is 282. The molecule has 0 unspecified atom stereocenters. The summed E-state index contributed by atoms with van der Waals surface area (Å²) < 4.78 is 11.0. The van der Waals surface area contributed by atoms with Crippen molar-refractivity contribution in [1.82, 2.24) is 4.90 Å². The highest BCUT2D eigenvalue weighted by molar-refractivity contribution is 6.71. The second-order valence-corrected chi connectivity index (χ2v) is 11.0. The molecular weight excluding hydrogens is 278 g/mol. The second-order valence-electron chi connectivity index (χ2n) is 6.66. The van der Waals surface area contributed by atoms with E-state index in [0.29, 0.717) is 0 Å². The smallest absolute Gasteiger partial charge is 0.186 e. The zero-order chi connectivity index (χ0) is 15.4. The highest BCUT2D eigenvalue weighted by Gasteiger charge is 2.20. The van der Waals surface area contributed by atoms with Gasteiger partial charge in [0.2, 0.25) is 0 Å². The summed E-state index contributed by atoms with van der Waals surface area (Å²) in [5.41, 5.74) is 0. The second kappa shape index (κ2) is 11.1. The minimum absolute atomic E-state index is 0.751. The van der Waals surface area contributed by atoms with Crippen LogP contribution in [0.3, 0.4) is 0 Å². The molecule has 0 aliphatic carbocycles. The summed E-state index contributed by atoms with van der Waals surface area (Å²) in [6.07, 6.45) is 14.8. The molecular formula is C17H35NO2Si. The van der Waals surface area contributed by atoms with Gasteiger partial charge in [-0.3, -0.25) is 0 Å². The molecule has 124 valence electrons. The fourth-order valence-electron chi connectivity index (χ4n) is 2.84. The van der Waals surface area contributed by atoms with Crippen LogP contribution in [0, 0.1) is 0 Å². The normalized spacial score (nSPS) is 14.7. The lowest BCUT2D eigenvalue weighted by atomic mass is 10.1. The third-order valence-corrected chi connectivity index (χ3v) is 6.75. The number of ether oxygens (including phenoxy) is 1. The Labute approximate surface area is 132 Å². The average molecular weight is 314 g/mol. The Balaban J connectivity index is 1.79. The summed E-state index contributed by atoms with van der Waals surface area (Å²) >= 11 is 0. The van der Waals surface area contributed by atoms with Gasteiger partial charge in [-0.1, -0.05) is 44.9 Å². The Hall–Kier alpha value is -0.483. The van der Waals surface area contributed by atoms with Crippen molar-refractivity contribution in [3.63, 3.8) is 0 Å². The van der Waals surface area contributed by atoms with Gasteiger partial charge in [0.25, 0.3) is 0 Å². The van der Waals surface area contributed by atoms with Gasteiger partial charge in [0.15, 0.2) is 15.0 Å². The first kappa shape index (κ1) is 18.6. The Morgan fingerprint density at radius 3 is 2.19 bits per heavy atom. The number of nitrogens with zero attached hydrogens (tertiary/aromatic N) is 1. The summed E-state index contributed by atoms with van der Waals surface area (Å²) in [5.74, 6) is 0. The monoisotopic (exact) mass is 313 g/mol. The molecule has 0 N–H and O–H groups in total. The van der Waals surface area contributed by atoms with E-state index in [2.05, 4.69) is 24.9 Å². The zero-order valence-electron chi connectivity index (χ0n) is 14.4. The van der Waals surface area contributed by atoms with Crippen molar-refractivity contribution in [3.05, 3.63) is 12.5 Å². The molecule has 0 bridgehead atoms. The minimum Gasteiger partial charge on any atom is -0.479 e. The number of unbranched alkanes of at least 4 members (excludes halogenated alkanes) is 7.